The van der Waals surface area contributed by atoms with Crippen molar-refractivity contribution in [1.29, 1.82) is 0 Å². The molecule has 1 fully saturated rings. The van der Waals surface area contributed by atoms with E-state index in [1.165, 1.54) is 6.07 Å². The SMILES string of the molecule is NCC(COc1cccc(C(F)(F)F)c1)C1CCSCC1. The minimum Gasteiger partial charge on any atom is -0.493 e. The van der Waals surface area contributed by atoms with Crippen LogP contribution in [-0.2, 0) is 6.18 Å². The van der Waals surface area contributed by atoms with Crippen LogP contribution >= 0.6 is 11.8 Å². The minimum atomic E-state index is -4.34. The van der Waals surface area contributed by atoms with E-state index in [2.05, 4.69) is 0 Å². The summed E-state index contributed by atoms with van der Waals surface area (Å²) in [6.45, 7) is 0.890. The van der Waals surface area contributed by atoms with Crippen LogP contribution in [-0.4, -0.2) is 24.7 Å². The molecule has 1 aliphatic heterocycles. The monoisotopic (exact) mass is 319 g/mol. The van der Waals surface area contributed by atoms with Crippen molar-refractivity contribution in [3.8, 4) is 5.75 Å². The minimum absolute atomic E-state index is 0.209. The molecule has 0 amide bonds. The highest BCUT2D eigenvalue weighted by Gasteiger charge is 2.30. The Labute approximate surface area is 127 Å². The van der Waals surface area contributed by atoms with Gasteiger partial charge in [-0.1, -0.05) is 6.07 Å². The molecule has 0 bridgehead atoms. The summed E-state index contributed by atoms with van der Waals surface area (Å²) in [5.74, 6) is 3.24. The molecule has 2 N–H and O–H groups in total. The summed E-state index contributed by atoms with van der Waals surface area (Å²) in [5, 5.41) is 0. The highest BCUT2D eigenvalue weighted by Crippen LogP contribution is 2.32. The first kappa shape index (κ1) is 16.5. The lowest BCUT2D eigenvalue weighted by atomic mass is 9.88. The third kappa shape index (κ3) is 4.81. The van der Waals surface area contributed by atoms with Crippen molar-refractivity contribution < 1.29 is 17.9 Å². The Morgan fingerprint density at radius 2 is 2.00 bits per heavy atom. The number of hydrogen-bond donors (Lipinski definition) is 1. The van der Waals surface area contributed by atoms with Gasteiger partial charge < -0.3 is 10.5 Å². The van der Waals surface area contributed by atoms with Gasteiger partial charge in [0.25, 0.3) is 0 Å². The predicted octanol–water partition coefficient (Wildman–Crippen LogP) is 3.80. The normalized spacial score (nSPS) is 18.5. The van der Waals surface area contributed by atoms with Gasteiger partial charge in [-0.25, -0.2) is 0 Å². The average molecular weight is 319 g/mol. The Morgan fingerprint density at radius 1 is 1.29 bits per heavy atom. The van der Waals surface area contributed by atoms with Crippen LogP contribution in [0.15, 0.2) is 24.3 Å². The highest BCUT2D eigenvalue weighted by molar-refractivity contribution is 7.99. The first-order valence-electron chi connectivity index (χ1n) is 7.08. The van der Waals surface area contributed by atoms with Crippen LogP contribution in [0.3, 0.4) is 0 Å². The molecule has 1 aliphatic rings. The zero-order valence-electron chi connectivity index (χ0n) is 11.7. The van der Waals surface area contributed by atoms with E-state index in [4.69, 9.17) is 10.5 Å². The van der Waals surface area contributed by atoms with Gasteiger partial charge in [-0.05, 0) is 55.0 Å². The topological polar surface area (TPSA) is 35.2 Å². The molecule has 6 heteroatoms. The number of rotatable bonds is 5. The smallest absolute Gasteiger partial charge is 0.416 e. The molecule has 0 spiro atoms. The van der Waals surface area contributed by atoms with Crippen molar-refractivity contribution >= 4 is 11.8 Å². The third-order valence-electron chi connectivity index (χ3n) is 3.86. The van der Waals surface area contributed by atoms with Crippen molar-refractivity contribution in [2.24, 2.45) is 17.6 Å². The van der Waals surface area contributed by atoms with E-state index in [0.717, 1.165) is 36.5 Å². The van der Waals surface area contributed by atoms with Gasteiger partial charge >= 0.3 is 6.18 Å². The third-order valence-corrected chi connectivity index (χ3v) is 4.91. The second-order valence-corrected chi connectivity index (χ2v) is 6.51. The van der Waals surface area contributed by atoms with Crippen molar-refractivity contribution in [1.82, 2.24) is 0 Å². The molecule has 2 rings (SSSR count). The standard InChI is InChI=1S/C15H20F3NOS/c16-15(17,18)13-2-1-3-14(8-13)20-10-12(9-19)11-4-6-21-7-5-11/h1-3,8,11-12H,4-7,9-10,19H2. The molecule has 118 valence electrons. The van der Waals surface area contributed by atoms with Crippen LogP contribution in [0.5, 0.6) is 5.75 Å². The lowest BCUT2D eigenvalue weighted by molar-refractivity contribution is -0.137. The zero-order valence-corrected chi connectivity index (χ0v) is 12.6. The van der Waals surface area contributed by atoms with E-state index in [9.17, 15) is 13.2 Å². The molecule has 2 nitrogen and oxygen atoms in total. The maximum Gasteiger partial charge on any atom is 0.416 e. The summed E-state index contributed by atoms with van der Waals surface area (Å²) in [4.78, 5) is 0. The molecular weight excluding hydrogens is 299 g/mol. The molecule has 1 saturated heterocycles. The summed E-state index contributed by atoms with van der Waals surface area (Å²) >= 11 is 1.94. The van der Waals surface area contributed by atoms with Gasteiger partial charge in [-0.3, -0.25) is 0 Å². The number of nitrogens with two attached hydrogens (primary N) is 1. The largest absolute Gasteiger partial charge is 0.493 e. The number of ether oxygens (including phenoxy) is 1. The Kier molecular flexibility index (Phi) is 5.81. The maximum atomic E-state index is 12.6. The van der Waals surface area contributed by atoms with Gasteiger partial charge in [0.1, 0.15) is 5.75 Å². The number of alkyl halides is 3. The summed E-state index contributed by atoms with van der Waals surface area (Å²) in [5.41, 5.74) is 5.12. The number of hydrogen-bond acceptors (Lipinski definition) is 3. The summed E-state index contributed by atoms with van der Waals surface area (Å²) in [7, 11) is 0. The van der Waals surface area contributed by atoms with Crippen LogP contribution in [0.25, 0.3) is 0 Å². The second kappa shape index (κ2) is 7.40. The van der Waals surface area contributed by atoms with Crippen LogP contribution in [0.1, 0.15) is 18.4 Å². The molecule has 1 atom stereocenters. The van der Waals surface area contributed by atoms with Gasteiger partial charge in [-0.15, -0.1) is 0 Å². The van der Waals surface area contributed by atoms with Gasteiger partial charge in [0, 0.05) is 5.92 Å². The molecule has 0 aromatic heterocycles. The molecule has 1 unspecified atom stereocenters. The molecule has 0 aliphatic carbocycles. The van der Waals surface area contributed by atoms with Gasteiger partial charge in [0.05, 0.1) is 12.2 Å². The number of halogens is 3. The van der Waals surface area contributed by atoms with E-state index in [1.807, 2.05) is 11.8 Å². The maximum absolute atomic E-state index is 12.6. The number of benzene rings is 1. The molecule has 1 heterocycles. The van der Waals surface area contributed by atoms with E-state index < -0.39 is 11.7 Å². The van der Waals surface area contributed by atoms with Crippen molar-refractivity contribution in [2.45, 2.75) is 19.0 Å². The molecule has 0 radical (unpaired) electrons. The molecular formula is C15H20F3NOS. The lowest BCUT2D eigenvalue weighted by Gasteiger charge is -2.29. The van der Waals surface area contributed by atoms with Crippen molar-refractivity contribution in [2.75, 3.05) is 24.7 Å². The predicted molar refractivity (Wildman–Crippen MR) is 79.5 cm³/mol. The fraction of sp³-hybridized carbons (Fsp3) is 0.600. The highest BCUT2D eigenvalue weighted by atomic mass is 32.2. The fourth-order valence-electron chi connectivity index (χ4n) is 2.55. The van der Waals surface area contributed by atoms with Crippen molar-refractivity contribution in [3.63, 3.8) is 0 Å². The van der Waals surface area contributed by atoms with Gasteiger partial charge in [0.15, 0.2) is 0 Å². The Balaban J connectivity index is 1.94. The Morgan fingerprint density at radius 3 is 2.62 bits per heavy atom. The molecule has 21 heavy (non-hydrogen) atoms. The van der Waals surface area contributed by atoms with E-state index in [-0.39, 0.29) is 11.7 Å². The van der Waals surface area contributed by atoms with Crippen LogP contribution < -0.4 is 10.5 Å². The first-order chi connectivity index (χ1) is 10.0. The quantitative estimate of drug-likeness (QED) is 0.896. The first-order valence-corrected chi connectivity index (χ1v) is 8.24. The molecule has 1 aromatic carbocycles. The van der Waals surface area contributed by atoms with E-state index in [1.54, 1.807) is 6.07 Å². The second-order valence-electron chi connectivity index (χ2n) is 5.28. The van der Waals surface area contributed by atoms with Crippen LogP contribution in [0, 0.1) is 11.8 Å². The van der Waals surface area contributed by atoms with E-state index in [0.29, 0.717) is 19.1 Å². The molecule has 1 aromatic rings. The zero-order chi connectivity index (χ0) is 15.3. The summed E-state index contributed by atoms with van der Waals surface area (Å²) in [6.07, 6.45) is -2.12. The van der Waals surface area contributed by atoms with Gasteiger partial charge in [-0.2, -0.15) is 24.9 Å². The fourth-order valence-corrected chi connectivity index (χ4v) is 3.69. The number of thioether (sulfide) groups is 1. The van der Waals surface area contributed by atoms with Crippen LogP contribution in [0.4, 0.5) is 13.2 Å². The van der Waals surface area contributed by atoms with Crippen molar-refractivity contribution in [3.05, 3.63) is 29.8 Å². The Hall–Kier alpha value is -0.880. The van der Waals surface area contributed by atoms with Crippen LogP contribution in [0.2, 0.25) is 0 Å². The van der Waals surface area contributed by atoms with Gasteiger partial charge in [0.2, 0.25) is 0 Å². The summed E-state index contributed by atoms with van der Waals surface area (Å²) in [6, 6.07) is 5.02. The lowest BCUT2D eigenvalue weighted by Crippen LogP contribution is -2.31. The summed E-state index contributed by atoms with van der Waals surface area (Å²) < 4.78 is 43.5. The Bertz CT molecular complexity index is 447. The average Bonchev–Trinajstić information content (AvgIpc) is 2.48. The van der Waals surface area contributed by atoms with E-state index >= 15 is 0 Å². The molecule has 0 saturated carbocycles.